The molecule has 1 aliphatic rings. The maximum Gasteiger partial charge on any atom is 0.338 e. The van der Waals surface area contributed by atoms with Crippen molar-refractivity contribution in [2.45, 2.75) is 35.3 Å². The average molecular weight is 377 g/mol. The highest BCUT2D eigenvalue weighted by molar-refractivity contribution is 7.98. The quantitative estimate of drug-likeness (QED) is 0.592. The molecule has 0 bridgehead atoms. The SMILES string of the molecule is CSc1ccc(COC(=O)c2cccc(S(=O)(=O)NC3CC3)c2)cc1. The van der Waals surface area contributed by atoms with E-state index >= 15 is 0 Å². The fourth-order valence-corrected chi connectivity index (χ4v) is 3.99. The number of carbonyl (C=O) groups excluding carboxylic acids is 1. The Bertz CT molecular complexity index is 859. The maximum absolute atomic E-state index is 12.2. The van der Waals surface area contributed by atoms with Gasteiger partial charge in [-0.15, -0.1) is 11.8 Å². The van der Waals surface area contributed by atoms with E-state index in [2.05, 4.69) is 4.72 Å². The van der Waals surface area contributed by atoms with E-state index < -0.39 is 16.0 Å². The third kappa shape index (κ3) is 4.84. The summed E-state index contributed by atoms with van der Waals surface area (Å²) in [4.78, 5) is 13.4. The molecule has 2 aromatic rings. The van der Waals surface area contributed by atoms with Gasteiger partial charge >= 0.3 is 5.97 Å². The monoisotopic (exact) mass is 377 g/mol. The summed E-state index contributed by atoms with van der Waals surface area (Å²) in [6.07, 6.45) is 3.71. The van der Waals surface area contributed by atoms with Crippen molar-refractivity contribution in [2.75, 3.05) is 6.26 Å². The van der Waals surface area contributed by atoms with Crippen LogP contribution in [0.4, 0.5) is 0 Å². The third-order valence-corrected chi connectivity index (χ3v) is 6.07. The molecule has 2 aromatic carbocycles. The Morgan fingerprint density at radius 1 is 1.20 bits per heavy atom. The number of rotatable bonds is 7. The molecule has 0 radical (unpaired) electrons. The van der Waals surface area contributed by atoms with Crippen LogP contribution in [0, 0.1) is 0 Å². The summed E-state index contributed by atoms with van der Waals surface area (Å²) < 4.78 is 32.4. The van der Waals surface area contributed by atoms with Crippen molar-refractivity contribution in [3.63, 3.8) is 0 Å². The number of carbonyl (C=O) groups is 1. The van der Waals surface area contributed by atoms with E-state index in [1.165, 1.54) is 12.1 Å². The first-order valence-corrected chi connectivity index (χ1v) is 10.6. The molecule has 3 rings (SSSR count). The van der Waals surface area contributed by atoms with E-state index in [1.54, 1.807) is 23.9 Å². The van der Waals surface area contributed by atoms with E-state index in [-0.39, 0.29) is 23.1 Å². The molecule has 132 valence electrons. The van der Waals surface area contributed by atoms with Crippen LogP contribution in [-0.4, -0.2) is 26.7 Å². The molecule has 0 aromatic heterocycles. The molecule has 7 heteroatoms. The van der Waals surface area contributed by atoms with Crippen LogP contribution < -0.4 is 4.72 Å². The predicted molar refractivity (Wildman–Crippen MR) is 97.1 cm³/mol. The maximum atomic E-state index is 12.2. The molecular formula is C18H19NO4S2. The molecule has 25 heavy (non-hydrogen) atoms. The van der Waals surface area contributed by atoms with Crippen LogP contribution in [0.5, 0.6) is 0 Å². The van der Waals surface area contributed by atoms with Crippen molar-refractivity contribution in [3.8, 4) is 0 Å². The van der Waals surface area contributed by atoms with Crippen LogP contribution in [0.3, 0.4) is 0 Å². The van der Waals surface area contributed by atoms with E-state index in [0.717, 1.165) is 23.3 Å². The minimum Gasteiger partial charge on any atom is -0.457 e. The summed E-state index contributed by atoms with van der Waals surface area (Å²) in [6, 6.07) is 13.7. The molecule has 0 saturated heterocycles. The van der Waals surface area contributed by atoms with Gasteiger partial charge in [-0.25, -0.2) is 17.9 Å². The van der Waals surface area contributed by atoms with Gasteiger partial charge in [0, 0.05) is 10.9 Å². The largest absolute Gasteiger partial charge is 0.457 e. The topological polar surface area (TPSA) is 72.5 Å². The van der Waals surface area contributed by atoms with E-state index in [9.17, 15) is 13.2 Å². The van der Waals surface area contributed by atoms with Crippen molar-refractivity contribution < 1.29 is 17.9 Å². The number of esters is 1. The molecular weight excluding hydrogens is 358 g/mol. The normalized spacial score (nSPS) is 14.3. The number of hydrogen-bond donors (Lipinski definition) is 1. The minimum absolute atomic E-state index is 0.0184. The number of nitrogens with one attached hydrogen (secondary N) is 1. The number of thioether (sulfide) groups is 1. The first-order chi connectivity index (χ1) is 12.0. The summed E-state index contributed by atoms with van der Waals surface area (Å²) in [5.41, 5.74) is 1.10. The average Bonchev–Trinajstić information content (AvgIpc) is 3.43. The fourth-order valence-electron chi connectivity index (χ4n) is 2.23. The van der Waals surface area contributed by atoms with Crippen LogP contribution >= 0.6 is 11.8 Å². The van der Waals surface area contributed by atoms with Gasteiger partial charge in [0.1, 0.15) is 6.61 Å². The second kappa shape index (κ2) is 7.59. The van der Waals surface area contributed by atoms with Crippen LogP contribution in [0.1, 0.15) is 28.8 Å². The highest BCUT2D eigenvalue weighted by atomic mass is 32.2. The number of hydrogen-bond acceptors (Lipinski definition) is 5. The zero-order valence-corrected chi connectivity index (χ0v) is 15.4. The van der Waals surface area contributed by atoms with E-state index in [0.29, 0.717) is 0 Å². The molecule has 0 atom stereocenters. The molecule has 0 aliphatic heterocycles. The lowest BCUT2D eigenvalue weighted by molar-refractivity contribution is 0.0472. The summed E-state index contributed by atoms with van der Waals surface area (Å²) in [6.45, 7) is 0.144. The van der Waals surface area contributed by atoms with E-state index in [4.69, 9.17) is 4.74 Å². The lowest BCUT2D eigenvalue weighted by Gasteiger charge is -2.08. The number of sulfonamides is 1. The fraction of sp³-hybridized carbons (Fsp3) is 0.278. The minimum atomic E-state index is -3.59. The van der Waals surface area contributed by atoms with Gasteiger partial charge in [-0.2, -0.15) is 0 Å². The van der Waals surface area contributed by atoms with Gasteiger partial charge in [-0.3, -0.25) is 0 Å². The predicted octanol–water partition coefficient (Wildman–Crippen LogP) is 3.21. The zero-order valence-electron chi connectivity index (χ0n) is 13.8. The molecule has 1 fully saturated rings. The molecule has 0 heterocycles. The Balaban J connectivity index is 1.66. The first-order valence-electron chi connectivity index (χ1n) is 7.90. The van der Waals surface area contributed by atoms with Gasteiger partial charge in [0.15, 0.2) is 0 Å². The van der Waals surface area contributed by atoms with Crippen LogP contribution in [-0.2, 0) is 21.4 Å². The third-order valence-electron chi connectivity index (χ3n) is 3.81. The molecule has 0 amide bonds. The summed E-state index contributed by atoms with van der Waals surface area (Å²) in [7, 11) is -3.59. The number of benzene rings is 2. The van der Waals surface area contributed by atoms with Crippen LogP contribution in [0.15, 0.2) is 58.3 Å². The van der Waals surface area contributed by atoms with Gasteiger partial charge in [0.05, 0.1) is 10.5 Å². The molecule has 1 aliphatic carbocycles. The molecule has 0 unspecified atom stereocenters. The Labute approximate surface area is 151 Å². The van der Waals surface area contributed by atoms with Gasteiger partial charge in [0.25, 0.3) is 0 Å². The van der Waals surface area contributed by atoms with Crippen molar-refractivity contribution in [1.29, 1.82) is 0 Å². The summed E-state index contributed by atoms with van der Waals surface area (Å²) in [5.74, 6) is -0.544. The molecule has 1 saturated carbocycles. The molecule has 0 spiro atoms. The lowest BCUT2D eigenvalue weighted by Crippen LogP contribution is -2.25. The van der Waals surface area contributed by atoms with Crippen LogP contribution in [0.2, 0.25) is 0 Å². The van der Waals surface area contributed by atoms with Crippen molar-refractivity contribution in [3.05, 3.63) is 59.7 Å². The van der Waals surface area contributed by atoms with Crippen LogP contribution in [0.25, 0.3) is 0 Å². The Morgan fingerprint density at radius 2 is 1.92 bits per heavy atom. The second-order valence-electron chi connectivity index (χ2n) is 5.85. The van der Waals surface area contributed by atoms with Crippen molar-refractivity contribution in [2.24, 2.45) is 0 Å². The Hall–Kier alpha value is -1.83. The van der Waals surface area contributed by atoms with Gasteiger partial charge < -0.3 is 4.74 Å². The second-order valence-corrected chi connectivity index (χ2v) is 8.44. The first kappa shape index (κ1) is 18.0. The van der Waals surface area contributed by atoms with E-state index in [1.807, 2.05) is 30.5 Å². The molecule has 1 N–H and O–H groups in total. The van der Waals surface area contributed by atoms with Crippen molar-refractivity contribution >= 4 is 27.8 Å². The van der Waals surface area contributed by atoms with Gasteiger partial charge in [-0.05, 0) is 55.0 Å². The summed E-state index contributed by atoms with van der Waals surface area (Å²) in [5, 5.41) is 0. The van der Waals surface area contributed by atoms with Crippen molar-refractivity contribution in [1.82, 2.24) is 4.72 Å². The van der Waals surface area contributed by atoms with Gasteiger partial charge in [0.2, 0.25) is 10.0 Å². The smallest absolute Gasteiger partial charge is 0.338 e. The highest BCUT2D eigenvalue weighted by Crippen LogP contribution is 2.22. The number of ether oxygens (including phenoxy) is 1. The van der Waals surface area contributed by atoms with Gasteiger partial charge in [-0.1, -0.05) is 18.2 Å². The Kier molecular flexibility index (Phi) is 5.46. The lowest BCUT2D eigenvalue weighted by atomic mass is 10.2. The standard InChI is InChI=1S/C18H19NO4S2/c1-24-16-9-5-13(6-10-16)12-23-18(20)14-3-2-4-17(11-14)25(21,22)19-15-7-8-15/h2-6,9-11,15,19H,7-8,12H2,1H3. The highest BCUT2D eigenvalue weighted by Gasteiger charge is 2.28. The summed E-state index contributed by atoms with van der Waals surface area (Å²) >= 11 is 1.64. The Morgan fingerprint density at radius 3 is 2.56 bits per heavy atom. The zero-order chi connectivity index (χ0) is 17.9. The molecule has 5 nitrogen and oxygen atoms in total.